The minimum Gasteiger partial charge on any atom is -0.335 e. The highest BCUT2D eigenvalue weighted by Gasteiger charge is 2.28. The van der Waals surface area contributed by atoms with E-state index in [-0.39, 0.29) is 16.6 Å². The molecule has 3 rings (SSSR count). The number of benzene rings is 2. The maximum absolute atomic E-state index is 13.6. The van der Waals surface area contributed by atoms with Gasteiger partial charge in [0, 0.05) is 11.7 Å². The quantitative estimate of drug-likeness (QED) is 0.730. The van der Waals surface area contributed by atoms with Gasteiger partial charge in [-0.25, -0.2) is 22.7 Å². The minimum absolute atomic E-state index is 0.0106. The Bertz CT molecular complexity index is 919. The molecule has 1 aliphatic rings. The third kappa shape index (κ3) is 5.27. The lowest BCUT2D eigenvalue weighted by Crippen LogP contribution is -2.40. The van der Waals surface area contributed by atoms with E-state index in [0.29, 0.717) is 5.92 Å². The highest BCUT2D eigenvalue weighted by Crippen LogP contribution is 2.29. The molecule has 1 saturated carbocycles. The molecule has 4 N–H and O–H groups in total. The second-order valence-electron chi connectivity index (χ2n) is 6.81. The molecule has 2 aromatic carbocycles. The number of halogens is 1. The summed E-state index contributed by atoms with van der Waals surface area (Å²) in [4.78, 5) is 11.9. The number of carbonyl (C=O) groups excluding carboxylic acids is 1. The molecule has 0 aromatic heterocycles. The molecule has 0 saturated heterocycles. The molecule has 27 heavy (non-hydrogen) atoms. The third-order valence-corrected chi connectivity index (χ3v) is 5.67. The Balaban J connectivity index is 1.64. The Morgan fingerprint density at radius 1 is 1.15 bits per heavy atom. The predicted molar refractivity (Wildman–Crippen MR) is 101 cm³/mol. The summed E-state index contributed by atoms with van der Waals surface area (Å²) in [5.41, 5.74) is 1.26. The number of hydrogen-bond donors (Lipinski definition) is 3. The van der Waals surface area contributed by atoms with Gasteiger partial charge in [0.05, 0.1) is 4.90 Å². The highest BCUT2D eigenvalue weighted by molar-refractivity contribution is 7.89. The average Bonchev–Trinajstić information content (AvgIpc) is 3.01. The van der Waals surface area contributed by atoms with Crippen LogP contribution in [-0.2, 0) is 16.4 Å². The molecule has 2 unspecified atom stereocenters. The molecular formula is C19H22FN3O3S. The van der Waals surface area contributed by atoms with Gasteiger partial charge in [0.25, 0.3) is 0 Å². The van der Waals surface area contributed by atoms with Crippen LogP contribution in [0, 0.1) is 11.7 Å². The Morgan fingerprint density at radius 2 is 1.89 bits per heavy atom. The lowest BCUT2D eigenvalue weighted by Gasteiger charge is -2.21. The molecule has 0 bridgehead atoms. The number of nitrogens with one attached hydrogen (secondary N) is 2. The molecule has 2 atom stereocenters. The Labute approximate surface area is 158 Å². The van der Waals surface area contributed by atoms with E-state index in [4.69, 9.17) is 5.14 Å². The van der Waals surface area contributed by atoms with E-state index < -0.39 is 21.9 Å². The van der Waals surface area contributed by atoms with Crippen LogP contribution in [0.15, 0.2) is 53.4 Å². The number of rotatable bonds is 5. The predicted octanol–water partition coefficient (Wildman–Crippen LogP) is 3.01. The van der Waals surface area contributed by atoms with Gasteiger partial charge >= 0.3 is 6.03 Å². The zero-order chi connectivity index (χ0) is 19.4. The molecule has 8 heteroatoms. The van der Waals surface area contributed by atoms with E-state index in [1.165, 1.54) is 5.56 Å². The SMILES string of the molecule is NS(=O)(=O)c1cc(F)cc(NC(=O)NC2CCCC2Cc2ccccc2)c1. The standard InChI is InChI=1S/C19H22FN3O3S/c20-15-10-16(12-17(11-15)27(21,25)26)22-19(24)23-18-8-4-7-14(18)9-13-5-2-1-3-6-13/h1-3,5-6,10-12,14,18H,4,7-9H2,(H2,21,25,26)(H2,22,23,24). The van der Waals surface area contributed by atoms with Crippen LogP contribution in [0.25, 0.3) is 0 Å². The van der Waals surface area contributed by atoms with Crippen molar-refractivity contribution in [2.24, 2.45) is 11.1 Å². The fraction of sp³-hybridized carbons (Fsp3) is 0.316. The number of urea groups is 1. The molecule has 144 valence electrons. The summed E-state index contributed by atoms with van der Waals surface area (Å²) in [7, 11) is -4.06. The number of carbonyl (C=O) groups is 1. The van der Waals surface area contributed by atoms with Crippen LogP contribution in [0.5, 0.6) is 0 Å². The van der Waals surface area contributed by atoms with Crippen molar-refractivity contribution in [2.45, 2.75) is 36.6 Å². The molecule has 1 fully saturated rings. The number of nitrogens with two attached hydrogens (primary N) is 1. The molecule has 1 aliphatic carbocycles. The van der Waals surface area contributed by atoms with Crippen LogP contribution in [0.2, 0.25) is 0 Å². The Morgan fingerprint density at radius 3 is 2.59 bits per heavy atom. The molecule has 0 heterocycles. The summed E-state index contributed by atoms with van der Waals surface area (Å²) >= 11 is 0. The third-order valence-electron chi connectivity index (χ3n) is 4.77. The smallest absolute Gasteiger partial charge is 0.319 e. The van der Waals surface area contributed by atoms with Gasteiger partial charge in [-0.3, -0.25) is 0 Å². The van der Waals surface area contributed by atoms with Crippen LogP contribution >= 0.6 is 0 Å². The normalized spacial score (nSPS) is 19.6. The highest BCUT2D eigenvalue weighted by atomic mass is 32.2. The van der Waals surface area contributed by atoms with E-state index in [2.05, 4.69) is 22.8 Å². The van der Waals surface area contributed by atoms with Gasteiger partial charge in [-0.1, -0.05) is 36.8 Å². The fourth-order valence-corrected chi connectivity index (χ4v) is 4.09. The van der Waals surface area contributed by atoms with E-state index in [1.54, 1.807) is 0 Å². The number of sulfonamides is 1. The summed E-state index contributed by atoms with van der Waals surface area (Å²) in [5.74, 6) is -0.467. The Kier molecular flexibility index (Phi) is 5.76. The fourth-order valence-electron chi connectivity index (χ4n) is 3.52. The molecule has 0 radical (unpaired) electrons. The Hall–Kier alpha value is -2.45. The lowest BCUT2D eigenvalue weighted by atomic mass is 9.95. The van der Waals surface area contributed by atoms with Crippen molar-refractivity contribution in [3.05, 3.63) is 59.9 Å². The van der Waals surface area contributed by atoms with E-state index in [1.807, 2.05) is 18.2 Å². The summed E-state index contributed by atoms with van der Waals surface area (Å²) in [6.45, 7) is 0. The van der Waals surface area contributed by atoms with Crippen molar-refractivity contribution in [1.82, 2.24) is 5.32 Å². The zero-order valence-corrected chi connectivity index (χ0v) is 15.5. The van der Waals surface area contributed by atoms with Crippen molar-refractivity contribution in [2.75, 3.05) is 5.32 Å². The van der Waals surface area contributed by atoms with Crippen molar-refractivity contribution in [3.8, 4) is 0 Å². The van der Waals surface area contributed by atoms with Crippen molar-refractivity contribution in [1.29, 1.82) is 0 Å². The van der Waals surface area contributed by atoms with Crippen LogP contribution in [0.4, 0.5) is 14.9 Å². The molecule has 6 nitrogen and oxygen atoms in total. The maximum Gasteiger partial charge on any atom is 0.319 e. The average molecular weight is 391 g/mol. The number of primary sulfonamides is 1. The number of anilines is 1. The summed E-state index contributed by atoms with van der Waals surface area (Å²) in [6.07, 6.45) is 3.80. The van der Waals surface area contributed by atoms with Gasteiger partial charge in [-0.05, 0) is 48.9 Å². The summed E-state index contributed by atoms with van der Waals surface area (Å²) < 4.78 is 36.4. The van der Waals surface area contributed by atoms with Crippen molar-refractivity contribution in [3.63, 3.8) is 0 Å². The first-order valence-corrected chi connectivity index (χ1v) is 10.3. The first kappa shape index (κ1) is 19.3. The molecule has 2 aromatic rings. The molecule has 0 spiro atoms. The van der Waals surface area contributed by atoms with Gasteiger partial charge < -0.3 is 10.6 Å². The largest absolute Gasteiger partial charge is 0.335 e. The summed E-state index contributed by atoms with van der Waals surface area (Å²) in [5, 5.41) is 10.4. The first-order chi connectivity index (χ1) is 12.8. The second-order valence-corrected chi connectivity index (χ2v) is 8.37. The van der Waals surface area contributed by atoms with Crippen LogP contribution in [0.3, 0.4) is 0 Å². The van der Waals surface area contributed by atoms with Gasteiger partial charge in [0.1, 0.15) is 5.82 Å². The maximum atomic E-state index is 13.6. The van der Waals surface area contributed by atoms with E-state index >= 15 is 0 Å². The molecule has 0 aliphatic heterocycles. The van der Waals surface area contributed by atoms with E-state index in [0.717, 1.165) is 43.9 Å². The van der Waals surface area contributed by atoms with E-state index in [9.17, 15) is 17.6 Å². The van der Waals surface area contributed by atoms with Gasteiger partial charge in [-0.15, -0.1) is 0 Å². The minimum atomic E-state index is -4.06. The van der Waals surface area contributed by atoms with Crippen LogP contribution in [0.1, 0.15) is 24.8 Å². The summed E-state index contributed by atoms with van der Waals surface area (Å²) in [6, 6.07) is 12.6. The number of hydrogen-bond acceptors (Lipinski definition) is 3. The molecule has 2 amide bonds. The van der Waals surface area contributed by atoms with Gasteiger partial charge in [-0.2, -0.15) is 0 Å². The second kappa shape index (κ2) is 8.06. The van der Waals surface area contributed by atoms with Gasteiger partial charge in [0.2, 0.25) is 10.0 Å². The topological polar surface area (TPSA) is 101 Å². The zero-order valence-electron chi connectivity index (χ0n) is 14.7. The van der Waals surface area contributed by atoms with Crippen LogP contribution in [-0.4, -0.2) is 20.5 Å². The number of amides is 2. The first-order valence-electron chi connectivity index (χ1n) is 8.76. The monoisotopic (exact) mass is 391 g/mol. The van der Waals surface area contributed by atoms with Crippen LogP contribution < -0.4 is 15.8 Å². The van der Waals surface area contributed by atoms with Crippen molar-refractivity contribution >= 4 is 21.7 Å². The van der Waals surface area contributed by atoms with Crippen molar-refractivity contribution < 1.29 is 17.6 Å². The lowest BCUT2D eigenvalue weighted by molar-refractivity contribution is 0.245. The van der Waals surface area contributed by atoms with Gasteiger partial charge in [0.15, 0.2) is 0 Å². The molecular weight excluding hydrogens is 369 g/mol.